The van der Waals surface area contributed by atoms with Crippen molar-refractivity contribution >= 4 is 23.7 Å². The number of piperidine rings is 1. The number of carbonyl (C=O) groups is 2. The highest BCUT2D eigenvalue weighted by molar-refractivity contribution is 5.74. The molecule has 2 atom stereocenters. The van der Waals surface area contributed by atoms with Crippen LogP contribution in [0.4, 0.5) is 24.9 Å². The quantitative estimate of drug-likeness (QED) is 0.280. The van der Waals surface area contributed by atoms with Gasteiger partial charge in [-0.2, -0.15) is 28.2 Å². The molecule has 0 saturated carbocycles. The lowest BCUT2D eigenvalue weighted by Crippen LogP contribution is -2.41. The molecule has 2 fully saturated rings. The summed E-state index contributed by atoms with van der Waals surface area (Å²) in [4.78, 5) is 33.4. The molecule has 0 bridgehead atoms. The number of nitrogen functional groups attached to an aromatic ring is 1. The molecule has 0 amide bonds. The van der Waals surface area contributed by atoms with Crippen molar-refractivity contribution in [2.75, 3.05) is 36.9 Å². The number of hydrogen-bond acceptors (Lipinski definition) is 10. The van der Waals surface area contributed by atoms with Crippen LogP contribution in [0.25, 0.3) is 5.69 Å². The number of aromatic nitrogens is 4. The summed E-state index contributed by atoms with van der Waals surface area (Å²) in [7, 11) is 0. The third-order valence-electron chi connectivity index (χ3n) is 8.32. The van der Waals surface area contributed by atoms with Gasteiger partial charge >= 0.3 is 18.1 Å². The van der Waals surface area contributed by atoms with Gasteiger partial charge in [0.2, 0.25) is 17.9 Å². The number of rotatable bonds is 10. The number of hydrogen-bond donors (Lipinski definition) is 3. The fourth-order valence-electron chi connectivity index (χ4n) is 5.96. The first-order valence-electron chi connectivity index (χ1n) is 14.8. The van der Waals surface area contributed by atoms with Crippen molar-refractivity contribution in [1.29, 1.82) is 0 Å². The topological polar surface area (TPSA) is 158 Å². The number of benzene rings is 1. The summed E-state index contributed by atoms with van der Waals surface area (Å²) in [5, 5.41) is 16.8. The SMILES string of the molecule is CCOC(=O)CCc1ccc([C@@H](Oc2cc(N3CCC4(CC3)CN[C@H](C(=O)O)C4)nc(N)n2)C(F)(F)F)c(-n2ccc(C)n2)c1. The van der Waals surface area contributed by atoms with Gasteiger partial charge in [0, 0.05) is 43.9 Å². The third kappa shape index (κ3) is 7.47. The lowest BCUT2D eigenvalue weighted by molar-refractivity contribution is -0.198. The zero-order valence-corrected chi connectivity index (χ0v) is 25.0. The lowest BCUT2D eigenvalue weighted by Gasteiger charge is -2.39. The number of nitrogens with one attached hydrogen (secondary N) is 1. The monoisotopic (exact) mass is 631 g/mol. The Morgan fingerprint density at radius 2 is 1.96 bits per heavy atom. The van der Waals surface area contributed by atoms with Gasteiger partial charge in [0.25, 0.3) is 0 Å². The molecule has 45 heavy (non-hydrogen) atoms. The predicted octanol–water partition coefficient (Wildman–Crippen LogP) is 3.76. The van der Waals surface area contributed by atoms with E-state index >= 15 is 0 Å². The van der Waals surface area contributed by atoms with E-state index in [1.54, 1.807) is 32.2 Å². The second-order valence-corrected chi connectivity index (χ2v) is 11.5. The molecule has 2 aliphatic heterocycles. The molecule has 5 rings (SSSR count). The second-order valence-electron chi connectivity index (χ2n) is 11.5. The van der Waals surface area contributed by atoms with E-state index < -0.39 is 30.3 Å². The van der Waals surface area contributed by atoms with Crippen LogP contribution in [0, 0.1) is 12.3 Å². The molecule has 4 heterocycles. The van der Waals surface area contributed by atoms with Crippen molar-refractivity contribution in [1.82, 2.24) is 25.1 Å². The number of carboxylic acids is 1. The van der Waals surface area contributed by atoms with Crippen LogP contribution in [-0.2, 0) is 20.7 Å². The van der Waals surface area contributed by atoms with Crippen LogP contribution >= 0.6 is 0 Å². The van der Waals surface area contributed by atoms with E-state index in [0.29, 0.717) is 56.0 Å². The summed E-state index contributed by atoms with van der Waals surface area (Å²) in [5.41, 5.74) is 6.94. The Morgan fingerprint density at radius 3 is 2.58 bits per heavy atom. The van der Waals surface area contributed by atoms with Crippen molar-refractivity contribution in [2.45, 2.75) is 64.3 Å². The number of nitrogens with zero attached hydrogens (tertiary/aromatic N) is 5. The number of aliphatic carboxylic acids is 1. The number of carbonyl (C=O) groups excluding carboxylic acids is 1. The number of halogens is 3. The summed E-state index contributed by atoms with van der Waals surface area (Å²) in [6, 6.07) is 6.81. The summed E-state index contributed by atoms with van der Waals surface area (Å²) < 4.78 is 56.0. The van der Waals surface area contributed by atoms with Crippen molar-refractivity contribution in [3.05, 3.63) is 53.3 Å². The first-order valence-corrected chi connectivity index (χ1v) is 14.8. The highest BCUT2D eigenvalue weighted by Gasteiger charge is 2.46. The van der Waals surface area contributed by atoms with E-state index in [1.807, 2.05) is 4.90 Å². The highest BCUT2D eigenvalue weighted by Crippen LogP contribution is 2.42. The molecule has 2 aromatic heterocycles. The molecule has 0 aliphatic carbocycles. The van der Waals surface area contributed by atoms with Crippen LogP contribution in [0.2, 0.25) is 0 Å². The largest absolute Gasteiger partial charge is 0.480 e. The number of nitrogens with two attached hydrogens (primary N) is 1. The van der Waals surface area contributed by atoms with Crippen LogP contribution in [0.15, 0.2) is 36.5 Å². The maximum atomic E-state index is 14.7. The zero-order valence-electron chi connectivity index (χ0n) is 25.0. The minimum absolute atomic E-state index is 0.0707. The second kappa shape index (κ2) is 12.9. The molecule has 0 radical (unpaired) electrons. The fourth-order valence-corrected chi connectivity index (χ4v) is 5.96. The molecule has 3 aromatic rings. The van der Waals surface area contributed by atoms with E-state index in [0.717, 1.165) is 0 Å². The normalized spacial score (nSPS) is 18.6. The minimum Gasteiger partial charge on any atom is -0.480 e. The van der Waals surface area contributed by atoms with Gasteiger partial charge in [-0.25, -0.2) is 4.68 Å². The van der Waals surface area contributed by atoms with Gasteiger partial charge in [-0.05, 0) is 62.6 Å². The molecule has 1 spiro atoms. The van der Waals surface area contributed by atoms with E-state index in [9.17, 15) is 27.9 Å². The fraction of sp³-hybridized carbons (Fsp3) is 0.500. The Hall–Kier alpha value is -4.40. The van der Waals surface area contributed by atoms with Crippen molar-refractivity contribution < 1.29 is 37.3 Å². The van der Waals surface area contributed by atoms with Crippen LogP contribution in [0.5, 0.6) is 5.88 Å². The van der Waals surface area contributed by atoms with Crippen LogP contribution in [0.1, 0.15) is 55.5 Å². The minimum atomic E-state index is -4.85. The standard InChI is InChI=1S/C30H36F3N7O5/c1-3-44-25(41)7-5-19-4-6-20(22(14-19)40-11-8-18(2)38-40)26(30(31,32)33)45-24-15-23(36-28(34)37-24)39-12-9-29(10-13-39)16-21(27(42)43)35-17-29/h4,6,8,11,14-15,21,26,35H,3,5,7,9-10,12-13,16-17H2,1-2H3,(H,42,43)(H2,34,36,37)/t21-,26+/m0/s1. The van der Waals surface area contributed by atoms with Gasteiger partial charge in [0.1, 0.15) is 11.9 Å². The van der Waals surface area contributed by atoms with Gasteiger partial charge < -0.3 is 30.5 Å². The van der Waals surface area contributed by atoms with Crippen LogP contribution in [0.3, 0.4) is 0 Å². The maximum Gasteiger partial charge on any atom is 0.429 e. The predicted molar refractivity (Wildman–Crippen MR) is 157 cm³/mol. The number of aryl methyl sites for hydroxylation is 2. The smallest absolute Gasteiger partial charge is 0.429 e. The zero-order chi connectivity index (χ0) is 32.4. The molecule has 2 aliphatic rings. The lowest BCUT2D eigenvalue weighted by atomic mass is 9.76. The maximum absolute atomic E-state index is 14.7. The first kappa shape index (κ1) is 32.0. The Labute approximate surface area is 257 Å². The highest BCUT2D eigenvalue weighted by atomic mass is 19.4. The summed E-state index contributed by atoms with van der Waals surface area (Å²) in [6.45, 7) is 5.28. The molecule has 2 saturated heterocycles. The first-order chi connectivity index (χ1) is 21.4. The van der Waals surface area contributed by atoms with Crippen LogP contribution < -0.4 is 20.7 Å². The number of esters is 1. The van der Waals surface area contributed by atoms with Gasteiger partial charge in [0.15, 0.2) is 0 Å². The van der Waals surface area contributed by atoms with Crippen molar-refractivity contribution in [3.63, 3.8) is 0 Å². The number of anilines is 2. The van der Waals surface area contributed by atoms with Gasteiger partial charge in [-0.1, -0.05) is 12.1 Å². The molecule has 12 nitrogen and oxygen atoms in total. The molecule has 0 unspecified atom stereocenters. The molecule has 4 N–H and O–H groups in total. The number of alkyl halides is 3. The average molecular weight is 632 g/mol. The van der Waals surface area contributed by atoms with Crippen LogP contribution in [-0.4, -0.2) is 75.3 Å². The molecule has 15 heteroatoms. The summed E-state index contributed by atoms with van der Waals surface area (Å²) >= 11 is 0. The average Bonchev–Trinajstić information content (AvgIpc) is 3.61. The Bertz CT molecular complexity index is 1540. The Kier molecular flexibility index (Phi) is 9.18. The molecule has 242 valence electrons. The van der Waals surface area contributed by atoms with Crippen molar-refractivity contribution in [2.24, 2.45) is 5.41 Å². The Balaban J connectivity index is 1.40. The van der Waals surface area contributed by atoms with Crippen molar-refractivity contribution in [3.8, 4) is 11.6 Å². The van der Waals surface area contributed by atoms with Gasteiger partial charge in [-0.15, -0.1) is 0 Å². The number of ether oxygens (including phenoxy) is 2. The molecular formula is C30H36F3N7O5. The van der Waals surface area contributed by atoms with E-state index in [1.165, 1.54) is 22.9 Å². The van der Waals surface area contributed by atoms with E-state index in [4.69, 9.17) is 15.2 Å². The molecular weight excluding hydrogens is 595 g/mol. The summed E-state index contributed by atoms with van der Waals surface area (Å²) in [5.74, 6) is -1.54. The van der Waals surface area contributed by atoms with E-state index in [2.05, 4.69) is 20.4 Å². The van der Waals surface area contributed by atoms with Gasteiger partial charge in [0.05, 0.1) is 18.0 Å². The summed E-state index contributed by atoms with van der Waals surface area (Å²) in [6.07, 6.45) is -3.50. The third-order valence-corrected chi connectivity index (χ3v) is 8.32. The van der Waals surface area contributed by atoms with Gasteiger partial charge in [-0.3, -0.25) is 9.59 Å². The molecule has 1 aromatic carbocycles. The number of carboxylic acid groups (broad SMARTS) is 1. The van der Waals surface area contributed by atoms with E-state index in [-0.39, 0.29) is 47.9 Å². The Morgan fingerprint density at radius 1 is 1.20 bits per heavy atom.